The molecule has 2 aromatic rings. The van der Waals surface area contributed by atoms with Crippen molar-refractivity contribution in [2.75, 3.05) is 20.6 Å². The predicted molar refractivity (Wildman–Crippen MR) is 86.7 cm³/mol. The van der Waals surface area contributed by atoms with Crippen LogP contribution in [0.15, 0.2) is 41.1 Å². The molecule has 1 aliphatic rings. The summed E-state index contributed by atoms with van der Waals surface area (Å²) in [7, 11) is 4.04. The molecule has 110 valence electrons. The van der Waals surface area contributed by atoms with Crippen LogP contribution >= 0.6 is 11.3 Å². The van der Waals surface area contributed by atoms with Crippen molar-refractivity contribution in [1.82, 2.24) is 9.80 Å². The number of hydrogen-bond donors (Lipinski definition) is 0. The molecule has 4 heteroatoms. The minimum Gasteiger partial charge on any atom is -0.340 e. The largest absolute Gasteiger partial charge is 0.340 e. The zero-order chi connectivity index (χ0) is 14.8. The summed E-state index contributed by atoms with van der Waals surface area (Å²) in [4.78, 5) is 16.5. The lowest BCUT2D eigenvalue weighted by Crippen LogP contribution is -2.46. The molecule has 1 aromatic carbocycles. The second-order valence-corrected chi connectivity index (χ2v) is 6.52. The number of thiophene rings is 1. The van der Waals surface area contributed by atoms with E-state index < -0.39 is 0 Å². The van der Waals surface area contributed by atoms with Gasteiger partial charge in [-0.25, -0.2) is 0 Å². The molecule has 0 saturated carbocycles. The zero-order valence-electron chi connectivity index (χ0n) is 12.5. The molecule has 3 rings (SSSR count). The Morgan fingerprint density at radius 2 is 2.10 bits per heavy atom. The Balaban J connectivity index is 1.69. The fourth-order valence-corrected chi connectivity index (χ4v) is 3.56. The van der Waals surface area contributed by atoms with E-state index in [1.807, 2.05) is 28.8 Å². The van der Waals surface area contributed by atoms with E-state index in [2.05, 4.69) is 36.2 Å². The maximum absolute atomic E-state index is 12.3. The molecule has 0 spiro atoms. The summed E-state index contributed by atoms with van der Waals surface area (Å²) in [6.07, 6.45) is 1.01. The van der Waals surface area contributed by atoms with Crippen molar-refractivity contribution in [3.05, 3.63) is 57.8 Å². The normalized spacial score (nSPS) is 18.3. The van der Waals surface area contributed by atoms with Gasteiger partial charge >= 0.3 is 0 Å². The second-order valence-electron chi connectivity index (χ2n) is 5.74. The molecule has 1 amide bonds. The summed E-state index contributed by atoms with van der Waals surface area (Å²) in [5.74, 6) is 0.114. The first kappa shape index (κ1) is 14.3. The van der Waals surface area contributed by atoms with E-state index in [0.717, 1.165) is 25.1 Å². The van der Waals surface area contributed by atoms with Gasteiger partial charge in [0.05, 0.1) is 5.56 Å². The van der Waals surface area contributed by atoms with Gasteiger partial charge in [-0.15, -0.1) is 0 Å². The van der Waals surface area contributed by atoms with Gasteiger partial charge in [-0.2, -0.15) is 11.3 Å². The summed E-state index contributed by atoms with van der Waals surface area (Å²) >= 11 is 1.56. The Morgan fingerprint density at radius 1 is 1.33 bits per heavy atom. The van der Waals surface area contributed by atoms with Gasteiger partial charge in [0.1, 0.15) is 0 Å². The van der Waals surface area contributed by atoms with Crippen molar-refractivity contribution < 1.29 is 4.79 Å². The van der Waals surface area contributed by atoms with Gasteiger partial charge in [0.25, 0.3) is 5.91 Å². The van der Waals surface area contributed by atoms with Crippen molar-refractivity contribution in [3.63, 3.8) is 0 Å². The lowest BCUT2D eigenvalue weighted by molar-refractivity contribution is 0.0734. The average Bonchev–Trinajstić information content (AvgIpc) is 3.01. The van der Waals surface area contributed by atoms with Crippen LogP contribution in [0.1, 0.15) is 21.5 Å². The third kappa shape index (κ3) is 3.01. The summed E-state index contributed by atoms with van der Waals surface area (Å²) < 4.78 is 0. The highest BCUT2D eigenvalue weighted by atomic mass is 32.1. The van der Waals surface area contributed by atoms with Crippen LogP contribution < -0.4 is 0 Å². The van der Waals surface area contributed by atoms with Crippen molar-refractivity contribution in [2.45, 2.75) is 19.0 Å². The van der Waals surface area contributed by atoms with Gasteiger partial charge in [0.15, 0.2) is 0 Å². The monoisotopic (exact) mass is 300 g/mol. The third-order valence-corrected chi connectivity index (χ3v) is 4.90. The van der Waals surface area contributed by atoms with Crippen molar-refractivity contribution in [2.24, 2.45) is 0 Å². The summed E-state index contributed by atoms with van der Waals surface area (Å²) in [6, 6.07) is 10.9. The number of carbonyl (C=O) groups is 1. The standard InChI is InChI=1S/C17H20N2OS/c1-18-10-14-6-4-3-5-13(14)9-16(18)11-19(2)17(20)15-7-8-21-12-15/h3-8,12,16H,9-11H2,1-2H3/t16-/m1/s1. The molecule has 3 nitrogen and oxygen atoms in total. The Morgan fingerprint density at radius 3 is 2.81 bits per heavy atom. The highest BCUT2D eigenvalue weighted by Crippen LogP contribution is 2.22. The highest BCUT2D eigenvalue weighted by Gasteiger charge is 2.25. The average molecular weight is 300 g/mol. The number of nitrogens with zero attached hydrogens (tertiary/aromatic N) is 2. The molecule has 0 unspecified atom stereocenters. The smallest absolute Gasteiger partial charge is 0.254 e. The Labute approximate surface area is 129 Å². The summed E-state index contributed by atoms with van der Waals surface area (Å²) in [5.41, 5.74) is 3.61. The van der Waals surface area contributed by atoms with Gasteiger partial charge in [0, 0.05) is 31.6 Å². The number of benzene rings is 1. The topological polar surface area (TPSA) is 23.6 Å². The zero-order valence-corrected chi connectivity index (χ0v) is 13.3. The molecule has 1 aliphatic heterocycles. The van der Waals surface area contributed by atoms with Gasteiger partial charge < -0.3 is 4.90 Å². The van der Waals surface area contributed by atoms with E-state index in [0.29, 0.717) is 6.04 Å². The van der Waals surface area contributed by atoms with Gasteiger partial charge in [-0.1, -0.05) is 24.3 Å². The molecule has 0 saturated heterocycles. The number of fused-ring (bicyclic) bond motifs is 1. The van der Waals surface area contributed by atoms with Gasteiger partial charge in [-0.3, -0.25) is 9.69 Å². The minimum absolute atomic E-state index is 0.114. The fourth-order valence-electron chi connectivity index (χ4n) is 2.93. The SMILES string of the molecule is CN(C[C@H]1Cc2ccccc2CN1C)C(=O)c1ccsc1. The van der Waals surface area contributed by atoms with E-state index in [1.54, 1.807) is 11.3 Å². The molecule has 1 atom stereocenters. The number of likely N-dealkylation sites (N-methyl/N-ethyl adjacent to an activating group) is 2. The van der Waals surface area contributed by atoms with E-state index in [-0.39, 0.29) is 5.91 Å². The van der Waals surface area contributed by atoms with Crippen LogP contribution in [0.5, 0.6) is 0 Å². The predicted octanol–water partition coefficient (Wildman–Crippen LogP) is 2.88. The summed E-state index contributed by atoms with van der Waals surface area (Å²) in [5, 5.41) is 3.86. The molecule has 0 fully saturated rings. The van der Waals surface area contributed by atoms with Crippen molar-refractivity contribution in [1.29, 1.82) is 0 Å². The lowest BCUT2D eigenvalue weighted by Gasteiger charge is -2.36. The van der Waals surface area contributed by atoms with Crippen LogP contribution in [0.4, 0.5) is 0 Å². The van der Waals surface area contributed by atoms with Gasteiger partial charge in [0.2, 0.25) is 0 Å². The van der Waals surface area contributed by atoms with E-state index in [1.165, 1.54) is 11.1 Å². The maximum atomic E-state index is 12.3. The van der Waals surface area contributed by atoms with Crippen LogP contribution in [0, 0.1) is 0 Å². The molecule has 1 aromatic heterocycles. The number of rotatable bonds is 3. The minimum atomic E-state index is 0.114. The molecular formula is C17H20N2OS. The Kier molecular flexibility index (Phi) is 4.08. The van der Waals surface area contributed by atoms with Crippen LogP contribution in [-0.4, -0.2) is 42.4 Å². The molecule has 2 heterocycles. The molecule has 21 heavy (non-hydrogen) atoms. The van der Waals surface area contributed by atoms with Crippen molar-refractivity contribution in [3.8, 4) is 0 Å². The van der Waals surface area contributed by atoms with Crippen LogP contribution in [0.25, 0.3) is 0 Å². The molecular weight excluding hydrogens is 280 g/mol. The van der Waals surface area contributed by atoms with E-state index in [9.17, 15) is 4.79 Å². The molecule has 0 bridgehead atoms. The highest BCUT2D eigenvalue weighted by molar-refractivity contribution is 7.08. The molecule has 0 N–H and O–H groups in total. The Hall–Kier alpha value is -1.65. The van der Waals surface area contributed by atoms with Crippen LogP contribution in [0.3, 0.4) is 0 Å². The van der Waals surface area contributed by atoms with E-state index in [4.69, 9.17) is 0 Å². The first-order valence-corrected chi connectivity index (χ1v) is 8.14. The first-order valence-electron chi connectivity index (χ1n) is 7.20. The lowest BCUT2D eigenvalue weighted by atomic mass is 9.94. The fraction of sp³-hybridized carbons (Fsp3) is 0.353. The maximum Gasteiger partial charge on any atom is 0.254 e. The van der Waals surface area contributed by atoms with Gasteiger partial charge in [-0.05, 0) is 36.0 Å². The van der Waals surface area contributed by atoms with Crippen LogP contribution in [0.2, 0.25) is 0 Å². The van der Waals surface area contributed by atoms with E-state index >= 15 is 0 Å². The summed E-state index contributed by atoms with van der Waals surface area (Å²) in [6.45, 7) is 1.72. The van der Waals surface area contributed by atoms with Crippen LogP contribution in [-0.2, 0) is 13.0 Å². The number of carbonyl (C=O) groups excluding carboxylic acids is 1. The third-order valence-electron chi connectivity index (χ3n) is 4.22. The molecule has 0 radical (unpaired) electrons. The number of hydrogen-bond acceptors (Lipinski definition) is 3. The quantitative estimate of drug-likeness (QED) is 0.870. The number of amides is 1. The first-order chi connectivity index (χ1) is 10.1. The Bertz CT molecular complexity index is 623. The van der Waals surface area contributed by atoms with Crippen molar-refractivity contribution >= 4 is 17.2 Å². The molecule has 0 aliphatic carbocycles. The second kappa shape index (κ2) is 6.00.